The van der Waals surface area contributed by atoms with Crippen LogP contribution in [0.25, 0.3) is 0 Å². The second-order valence-electron chi connectivity index (χ2n) is 6.34. The summed E-state index contributed by atoms with van der Waals surface area (Å²) in [5.41, 5.74) is 2.42. The highest BCUT2D eigenvalue weighted by Crippen LogP contribution is 2.26. The molecule has 7 heteroatoms. The highest BCUT2D eigenvalue weighted by molar-refractivity contribution is 7.92. The first-order valence-electron chi connectivity index (χ1n) is 8.77. The minimum absolute atomic E-state index is 0.176. The third kappa shape index (κ3) is 6.29. The maximum atomic E-state index is 12.2. The molecule has 2 aromatic carbocycles. The van der Waals surface area contributed by atoms with Crippen molar-refractivity contribution >= 4 is 21.6 Å². The van der Waals surface area contributed by atoms with Gasteiger partial charge in [0.2, 0.25) is 15.9 Å². The van der Waals surface area contributed by atoms with Gasteiger partial charge in [0.25, 0.3) is 0 Å². The van der Waals surface area contributed by atoms with Crippen LogP contribution in [-0.4, -0.2) is 40.3 Å². The SMILES string of the molecule is Cc1cccc(C)c1N(CCNC(=O)CCOc1ccccc1)S(C)(=O)=O. The zero-order chi connectivity index (χ0) is 19.9. The standard InChI is InChI=1S/C20H26N2O4S/c1-16-8-7-9-17(2)20(16)22(27(3,24)25)14-13-21-19(23)12-15-26-18-10-5-4-6-11-18/h4-11H,12-15H2,1-3H3,(H,21,23). The van der Waals surface area contributed by atoms with E-state index in [1.807, 2.05) is 62.4 Å². The van der Waals surface area contributed by atoms with Crippen molar-refractivity contribution in [1.29, 1.82) is 0 Å². The van der Waals surface area contributed by atoms with Crippen LogP contribution in [-0.2, 0) is 14.8 Å². The van der Waals surface area contributed by atoms with Gasteiger partial charge in [-0.1, -0.05) is 36.4 Å². The minimum atomic E-state index is -3.46. The Morgan fingerprint density at radius 2 is 1.67 bits per heavy atom. The van der Waals surface area contributed by atoms with Crippen molar-refractivity contribution in [2.75, 3.05) is 30.3 Å². The molecule has 0 aliphatic heterocycles. The van der Waals surface area contributed by atoms with Gasteiger partial charge in [0, 0.05) is 6.54 Å². The fourth-order valence-electron chi connectivity index (χ4n) is 2.81. The van der Waals surface area contributed by atoms with Gasteiger partial charge in [0.1, 0.15) is 5.75 Å². The lowest BCUT2D eigenvalue weighted by atomic mass is 10.1. The monoisotopic (exact) mass is 390 g/mol. The highest BCUT2D eigenvalue weighted by atomic mass is 32.2. The zero-order valence-corrected chi connectivity index (χ0v) is 16.8. The predicted octanol–water partition coefficient (Wildman–Crippen LogP) is 2.65. The summed E-state index contributed by atoms with van der Waals surface area (Å²) in [7, 11) is -3.46. The fourth-order valence-corrected chi connectivity index (χ4v) is 3.85. The Bertz CT molecular complexity index is 847. The summed E-state index contributed by atoms with van der Waals surface area (Å²) < 4.78 is 31.3. The van der Waals surface area contributed by atoms with E-state index in [0.29, 0.717) is 11.4 Å². The molecule has 0 aromatic heterocycles. The highest BCUT2D eigenvalue weighted by Gasteiger charge is 2.20. The summed E-state index contributed by atoms with van der Waals surface area (Å²) in [5.74, 6) is 0.532. The van der Waals surface area contributed by atoms with Crippen molar-refractivity contribution in [1.82, 2.24) is 5.32 Å². The molecule has 2 aromatic rings. The molecule has 0 saturated heterocycles. The molecule has 0 saturated carbocycles. The van der Waals surface area contributed by atoms with Crippen LogP contribution < -0.4 is 14.4 Å². The molecule has 0 atom stereocenters. The van der Waals surface area contributed by atoms with Crippen LogP contribution in [0.4, 0.5) is 5.69 Å². The number of rotatable bonds is 9. The minimum Gasteiger partial charge on any atom is -0.493 e. The van der Waals surface area contributed by atoms with E-state index < -0.39 is 10.0 Å². The van der Waals surface area contributed by atoms with E-state index in [1.165, 1.54) is 10.6 Å². The molecule has 0 aliphatic carbocycles. The number of nitrogens with zero attached hydrogens (tertiary/aromatic N) is 1. The molecular weight excluding hydrogens is 364 g/mol. The first-order valence-corrected chi connectivity index (χ1v) is 10.6. The number of para-hydroxylation sites is 2. The fraction of sp³-hybridized carbons (Fsp3) is 0.350. The van der Waals surface area contributed by atoms with Crippen LogP contribution in [0.2, 0.25) is 0 Å². The summed E-state index contributed by atoms with van der Waals surface area (Å²) in [6.07, 6.45) is 1.38. The van der Waals surface area contributed by atoms with Gasteiger partial charge in [-0.2, -0.15) is 0 Å². The maximum absolute atomic E-state index is 12.2. The molecule has 0 heterocycles. The number of carbonyl (C=O) groups is 1. The molecule has 1 N–H and O–H groups in total. The van der Waals surface area contributed by atoms with E-state index in [0.717, 1.165) is 11.1 Å². The Balaban J connectivity index is 1.88. The van der Waals surface area contributed by atoms with Crippen molar-refractivity contribution in [3.8, 4) is 5.75 Å². The van der Waals surface area contributed by atoms with Gasteiger partial charge in [0.05, 0.1) is 31.5 Å². The van der Waals surface area contributed by atoms with E-state index in [1.54, 1.807) is 0 Å². The van der Waals surface area contributed by atoms with Crippen molar-refractivity contribution in [3.63, 3.8) is 0 Å². The number of nitrogens with one attached hydrogen (secondary N) is 1. The molecule has 0 bridgehead atoms. The number of carbonyl (C=O) groups excluding carboxylic acids is 1. The van der Waals surface area contributed by atoms with Gasteiger partial charge < -0.3 is 10.1 Å². The molecule has 27 heavy (non-hydrogen) atoms. The molecule has 0 radical (unpaired) electrons. The van der Waals surface area contributed by atoms with Crippen LogP contribution in [0, 0.1) is 13.8 Å². The summed E-state index contributed by atoms with van der Waals surface area (Å²) in [6, 6.07) is 14.9. The second kappa shape index (κ2) is 9.41. The van der Waals surface area contributed by atoms with E-state index in [9.17, 15) is 13.2 Å². The van der Waals surface area contributed by atoms with Gasteiger partial charge >= 0.3 is 0 Å². The van der Waals surface area contributed by atoms with Gasteiger partial charge in [-0.05, 0) is 37.1 Å². The smallest absolute Gasteiger partial charge is 0.232 e. The van der Waals surface area contributed by atoms with Crippen LogP contribution in [0.5, 0.6) is 5.75 Å². The maximum Gasteiger partial charge on any atom is 0.232 e. The van der Waals surface area contributed by atoms with Crippen molar-refractivity contribution < 1.29 is 17.9 Å². The van der Waals surface area contributed by atoms with E-state index in [4.69, 9.17) is 4.74 Å². The van der Waals surface area contributed by atoms with Gasteiger partial charge in [-0.25, -0.2) is 8.42 Å². The normalized spacial score (nSPS) is 11.1. The summed E-state index contributed by atoms with van der Waals surface area (Å²) in [6.45, 7) is 4.42. The lowest BCUT2D eigenvalue weighted by Crippen LogP contribution is -2.39. The number of anilines is 1. The first kappa shape index (κ1) is 20.8. The lowest BCUT2D eigenvalue weighted by molar-refractivity contribution is -0.121. The molecule has 1 amide bonds. The topological polar surface area (TPSA) is 75.7 Å². The molecule has 2 rings (SSSR count). The van der Waals surface area contributed by atoms with E-state index in [2.05, 4.69) is 5.32 Å². The number of amides is 1. The summed E-state index contributed by atoms with van der Waals surface area (Å²) >= 11 is 0. The molecule has 6 nitrogen and oxygen atoms in total. The number of ether oxygens (including phenoxy) is 1. The number of hydrogen-bond acceptors (Lipinski definition) is 4. The predicted molar refractivity (Wildman–Crippen MR) is 108 cm³/mol. The van der Waals surface area contributed by atoms with Crippen molar-refractivity contribution in [2.24, 2.45) is 0 Å². The number of sulfonamides is 1. The largest absolute Gasteiger partial charge is 0.493 e. The lowest BCUT2D eigenvalue weighted by Gasteiger charge is -2.26. The van der Waals surface area contributed by atoms with Crippen LogP contribution >= 0.6 is 0 Å². The van der Waals surface area contributed by atoms with Crippen LogP contribution in [0.3, 0.4) is 0 Å². The van der Waals surface area contributed by atoms with E-state index >= 15 is 0 Å². The van der Waals surface area contributed by atoms with Crippen LogP contribution in [0.1, 0.15) is 17.5 Å². The summed E-state index contributed by atoms with van der Waals surface area (Å²) in [5, 5.41) is 2.76. The quantitative estimate of drug-likeness (QED) is 0.714. The van der Waals surface area contributed by atoms with Crippen LogP contribution in [0.15, 0.2) is 48.5 Å². The second-order valence-corrected chi connectivity index (χ2v) is 8.24. The Morgan fingerprint density at radius 1 is 1.04 bits per heavy atom. The Labute approximate surface area is 161 Å². The number of benzene rings is 2. The van der Waals surface area contributed by atoms with E-state index in [-0.39, 0.29) is 32.0 Å². The molecular formula is C20H26N2O4S. The third-order valence-electron chi connectivity index (χ3n) is 4.07. The molecule has 0 unspecified atom stereocenters. The average Bonchev–Trinajstić information content (AvgIpc) is 2.60. The average molecular weight is 391 g/mol. The van der Waals surface area contributed by atoms with Gasteiger partial charge in [-0.15, -0.1) is 0 Å². The Kier molecular flexibility index (Phi) is 7.24. The van der Waals surface area contributed by atoms with Crippen molar-refractivity contribution in [2.45, 2.75) is 20.3 Å². The zero-order valence-electron chi connectivity index (χ0n) is 15.9. The van der Waals surface area contributed by atoms with Crippen molar-refractivity contribution in [3.05, 3.63) is 59.7 Å². The third-order valence-corrected chi connectivity index (χ3v) is 5.23. The van der Waals surface area contributed by atoms with Gasteiger partial charge in [-0.3, -0.25) is 9.10 Å². The van der Waals surface area contributed by atoms with Gasteiger partial charge in [0.15, 0.2) is 0 Å². The summed E-state index contributed by atoms with van der Waals surface area (Å²) in [4.78, 5) is 12.0. The number of aryl methyl sites for hydroxylation is 2. The molecule has 0 spiro atoms. The molecule has 0 fully saturated rings. The Morgan fingerprint density at radius 3 is 2.26 bits per heavy atom. The molecule has 146 valence electrons. The number of hydrogen-bond donors (Lipinski definition) is 1. The molecule has 0 aliphatic rings. The Hall–Kier alpha value is -2.54. The first-order chi connectivity index (χ1) is 12.8.